The van der Waals surface area contributed by atoms with Gasteiger partial charge in [-0.15, -0.1) is 0 Å². The van der Waals surface area contributed by atoms with Crippen molar-refractivity contribution in [3.8, 4) is 5.75 Å². The van der Waals surface area contributed by atoms with E-state index in [0.29, 0.717) is 12.8 Å². The second kappa shape index (κ2) is 9.84. The van der Waals surface area contributed by atoms with Gasteiger partial charge in [0, 0.05) is 17.7 Å². The SMILES string of the molecule is O=Cc1cc([N+](=O)[O-])cc(C(NC(=O)c2ccccc2)OC(=O)C2CCCCC2)c1O. The van der Waals surface area contributed by atoms with Crippen molar-refractivity contribution in [1.82, 2.24) is 5.32 Å². The number of carbonyl (C=O) groups excluding carboxylic acids is 3. The van der Waals surface area contributed by atoms with Crippen LogP contribution in [0.1, 0.15) is 64.6 Å². The number of phenolic OH excluding ortho intramolecular Hbond substituents is 1. The molecule has 9 nitrogen and oxygen atoms in total. The minimum absolute atomic E-state index is 0.246. The molecule has 1 aliphatic rings. The Morgan fingerprint density at radius 1 is 1.16 bits per heavy atom. The molecule has 2 aromatic rings. The third-order valence-electron chi connectivity index (χ3n) is 5.24. The van der Waals surface area contributed by atoms with Gasteiger partial charge in [-0.1, -0.05) is 37.5 Å². The van der Waals surface area contributed by atoms with Crippen LogP contribution in [-0.2, 0) is 9.53 Å². The van der Waals surface area contributed by atoms with Gasteiger partial charge in [-0.05, 0) is 25.0 Å². The van der Waals surface area contributed by atoms with Crippen molar-refractivity contribution in [2.75, 3.05) is 0 Å². The fourth-order valence-corrected chi connectivity index (χ4v) is 3.57. The van der Waals surface area contributed by atoms with E-state index in [0.717, 1.165) is 31.4 Å². The van der Waals surface area contributed by atoms with Crippen molar-refractivity contribution in [1.29, 1.82) is 0 Å². The Labute approximate surface area is 178 Å². The second-order valence-corrected chi connectivity index (χ2v) is 7.34. The van der Waals surface area contributed by atoms with E-state index >= 15 is 0 Å². The molecule has 1 aliphatic carbocycles. The third kappa shape index (κ3) is 5.25. The molecule has 1 amide bonds. The summed E-state index contributed by atoms with van der Waals surface area (Å²) in [5.41, 5.74) is -0.814. The molecule has 162 valence electrons. The van der Waals surface area contributed by atoms with E-state index in [1.54, 1.807) is 30.3 Å². The molecular formula is C22H22N2O7. The fourth-order valence-electron chi connectivity index (χ4n) is 3.57. The lowest BCUT2D eigenvalue weighted by Gasteiger charge is -2.25. The summed E-state index contributed by atoms with van der Waals surface area (Å²) in [6.45, 7) is 0. The molecule has 1 saturated carbocycles. The molecule has 1 unspecified atom stereocenters. The summed E-state index contributed by atoms with van der Waals surface area (Å²) >= 11 is 0. The first-order valence-corrected chi connectivity index (χ1v) is 9.93. The minimum Gasteiger partial charge on any atom is -0.507 e. The Kier molecular flexibility index (Phi) is 6.96. The van der Waals surface area contributed by atoms with Gasteiger partial charge < -0.3 is 15.2 Å². The smallest absolute Gasteiger partial charge is 0.311 e. The molecule has 0 spiro atoms. The zero-order valence-corrected chi connectivity index (χ0v) is 16.7. The van der Waals surface area contributed by atoms with E-state index in [4.69, 9.17) is 4.74 Å². The highest BCUT2D eigenvalue weighted by Gasteiger charge is 2.30. The van der Waals surface area contributed by atoms with Crippen LogP contribution in [0.5, 0.6) is 5.75 Å². The molecule has 0 heterocycles. The van der Waals surface area contributed by atoms with Gasteiger partial charge in [0.05, 0.1) is 22.0 Å². The highest BCUT2D eigenvalue weighted by atomic mass is 16.6. The van der Waals surface area contributed by atoms with Crippen molar-refractivity contribution in [2.45, 2.75) is 38.3 Å². The van der Waals surface area contributed by atoms with Crippen LogP contribution >= 0.6 is 0 Å². The number of amides is 1. The highest BCUT2D eigenvalue weighted by Crippen LogP contribution is 2.34. The molecule has 0 aliphatic heterocycles. The van der Waals surface area contributed by atoms with E-state index in [-0.39, 0.29) is 28.9 Å². The van der Waals surface area contributed by atoms with Gasteiger partial charge in [-0.3, -0.25) is 24.5 Å². The molecule has 2 aromatic carbocycles. The molecule has 3 rings (SSSR count). The van der Waals surface area contributed by atoms with Gasteiger partial charge in [0.1, 0.15) is 5.75 Å². The molecule has 9 heteroatoms. The zero-order valence-electron chi connectivity index (χ0n) is 16.7. The van der Waals surface area contributed by atoms with Crippen molar-refractivity contribution in [3.05, 3.63) is 69.3 Å². The van der Waals surface area contributed by atoms with Crippen LogP contribution < -0.4 is 5.32 Å². The van der Waals surface area contributed by atoms with Crippen LogP contribution in [0.15, 0.2) is 42.5 Å². The summed E-state index contributed by atoms with van der Waals surface area (Å²) in [7, 11) is 0. The van der Waals surface area contributed by atoms with Crippen LogP contribution in [0.3, 0.4) is 0 Å². The number of esters is 1. The number of carbonyl (C=O) groups is 3. The van der Waals surface area contributed by atoms with E-state index in [1.165, 1.54) is 0 Å². The maximum absolute atomic E-state index is 12.7. The predicted molar refractivity (Wildman–Crippen MR) is 109 cm³/mol. The summed E-state index contributed by atoms with van der Waals surface area (Å²) < 4.78 is 5.51. The highest BCUT2D eigenvalue weighted by molar-refractivity contribution is 5.94. The predicted octanol–water partition coefficient (Wildman–Crippen LogP) is 3.67. The van der Waals surface area contributed by atoms with Gasteiger partial charge in [0.15, 0.2) is 6.29 Å². The molecule has 31 heavy (non-hydrogen) atoms. The van der Waals surface area contributed by atoms with Crippen LogP contribution in [0.25, 0.3) is 0 Å². The first-order valence-electron chi connectivity index (χ1n) is 9.93. The van der Waals surface area contributed by atoms with Gasteiger partial charge in [-0.2, -0.15) is 0 Å². The first kappa shape index (κ1) is 21.9. The maximum Gasteiger partial charge on any atom is 0.311 e. The van der Waals surface area contributed by atoms with E-state index in [9.17, 15) is 29.6 Å². The molecule has 1 fully saturated rings. The van der Waals surface area contributed by atoms with Crippen LogP contribution in [0.4, 0.5) is 5.69 Å². The number of nitro groups is 1. The molecule has 0 bridgehead atoms. The number of nitro benzene ring substituents is 1. The minimum atomic E-state index is -1.51. The van der Waals surface area contributed by atoms with Crippen molar-refractivity contribution >= 4 is 23.9 Å². The molecule has 0 radical (unpaired) electrons. The van der Waals surface area contributed by atoms with Gasteiger partial charge >= 0.3 is 5.97 Å². The van der Waals surface area contributed by atoms with Crippen LogP contribution in [0.2, 0.25) is 0 Å². The standard InChI is InChI=1S/C22H22N2O7/c25-13-16-11-17(24(29)30)12-18(19(16)26)21(23-20(27)14-7-3-1-4-8-14)31-22(28)15-9-5-2-6-10-15/h1,3-4,7-8,11-13,15,21,26H,2,5-6,9-10H2,(H,23,27). The number of rotatable bonds is 7. The fraction of sp³-hybridized carbons (Fsp3) is 0.318. The Balaban J connectivity index is 1.97. The van der Waals surface area contributed by atoms with Gasteiger partial charge in [-0.25, -0.2) is 0 Å². The largest absolute Gasteiger partial charge is 0.507 e. The number of nitrogens with one attached hydrogen (secondary N) is 1. The van der Waals surface area contributed by atoms with Crippen molar-refractivity contribution in [2.24, 2.45) is 5.92 Å². The average molecular weight is 426 g/mol. The second-order valence-electron chi connectivity index (χ2n) is 7.34. The number of non-ortho nitro benzene ring substituents is 1. The molecule has 0 saturated heterocycles. The van der Waals surface area contributed by atoms with Gasteiger partial charge in [0.2, 0.25) is 6.23 Å². The van der Waals surface area contributed by atoms with Gasteiger partial charge in [0.25, 0.3) is 11.6 Å². The number of phenols is 1. The summed E-state index contributed by atoms with van der Waals surface area (Å²) in [5.74, 6) is -2.15. The van der Waals surface area contributed by atoms with Crippen LogP contribution in [-0.4, -0.2) is 28.2 Å². The molecular weight excluding hydrogens is 404 g/mol. The number of nitrogens with zero attached hydrogens (tertiary/aromatic N) is 1. The monoisotopic (exact) mass is 426 g/mol. The number of hydrogen-bond donors (Lipinski definition) is 2. The zero-order chi connectivity index (χ0) is 22.4. The number of aldehydes is 1. The Hall–Kier alpha value is -3.75. The molecule has 1 atom stereocenters. The van der Waals surface area contributed by atoms with E-state index in [2.05, 4.69) is 5.32 Å². The van der Waals surface area contributed by atoms with E-state index < -0.39 is 34.5 Å². The summed E-state index contributed by atoms with van der Waals surface area (Å²) in [6.07, 6.45) is 2.78. The lowest BCUT2D eigenvalue weighted by molar-refractivity contribution is -0.385. The lowest BCUT2D eigenvalue weighted by atomic mass is 9.89. The number of hydrogen-bond acceptors (Lipinski definition) is 7. The molecule has 0 aromatic heterocycles. The Morgan fingerprint density at radius 3 is 2.45 bits per heavy atom. The normalized spacial score (nSPS) is 15.0. The molecule has 2 N–H and O–H groups in total. The lowest BCUT2D eigenvalue weighted by Crippen LogP contribution is -2.34. The number of aromatic hydroxyl groups is 1. The van der Waals surface area contributed by atoms with Crippen LogP contribution in [0, 0.1) is 16.0 Å². The summed E-state index contributed by atoms with van der Waals surface area (Å²) in [5, 5.41) is 24.3. The number of ether oxygens (including phenoxy) is 1. The first-order chi connectivity index (χ1) is 14.9. The number of benzene rings is 2. The topological polar surface area (TPSA) is 136 Å². The van der Waals surface area contributed by atoms with Crippen molar-refractivity contribution < 1.29 is 29.2 Å². The quantitative estimate of drug-likeness (QED) is 0.227. The Bertz CT molecular complexity index is 985. The third-order valence-corrected chi connectivity index (χ3v) is 5.24. The van der Waals surface area contributed by atoms with Crippen molar-refractivity contribution in [3.63, 3.8) is 0 Å². The Morgan fingerprint density at radius 2 is 1.84 bits per heavy atom. The summed E-state index contributed by atoms with van der Waals surface area (Å²) in [6, 6.07) is 9.98. The average Bonchev–Trinajstić information content (AvgIpc) is 2.79. The van der Waals surface area contributed by atoms with E-state index in [1.807, 2.05) is 0 Å². The maximum atomic E-state index is 12.7. The summed E-state index contributed by atoms with van der Waals surface area (Å²) in [4.78, 5) is 47.3.